The molecule has 7 heteroatoms. The second-order valence-corrected chi connectivity index (χ2v) is 9.87. The predicted molar refractivity (Wildman–Crippen MR) is 125 cm³/mol. The average molecular weight is 457 g/mol. The maximum absolute atomic E-state index is 13.8. The van der Waals surface area contributed by atoms with Crippen LogP contribution in [0.5, 0.6) is 11.5 Å². The highest BCUT2D eigenvalue weighted by molar-refractivity contribution is 7.09. The van der Waals surface area contributed by atoms with Crippen molar-refractivity contribution in [3.05, 3.63) is 46.2 Å². The van der Waals surface area contributed by atoms with Crippen LogP contribution in [0.1, 0.15) is 62.4 Å². The first-order valence-corrected chi connectivity index (χ1v) is 12.3. The van der Waals surface area contributed by atoms with Crippen LogP contribution in [0.2, 0.25) is 0 Å². The molecule has 0 bridgehead atoms. The second kappa shape index (κ2) is 9.94. The molecule has 0 radical (unpaired) electrons. The lowest BCUT2D eigenvalue weighted by Gasteiger charge is -2.44. The Morgan fingerprint density at radius 2 is 1.88 bits per heavy atom. The minimum absolute atomic E-state index is 0.00441. The zero-order chi connectivity index (χ0) is 22.7. The first kappa shape index (κ1) is 22.6. The highest BCUT2D eigenvalue weighted by Crippen LogP contribution is 2.37. The quantitative estimate of drug-likeness (QED) is 0.601. The van der Waals surface area contributed by atoms with Gasteiger partial charge >= 0.3 is 0 Å². The number of carbonyl (C=O) groups is 2. The fourth-order valence-corrected chi connectivity index (χ4v) is 5.43. The Morgan fingerprint density at radius 1 is 1.09 bits per heavy atom. The standard InChI is InChI=1S/C25H32N2O4S/c1-17(2)31-21-12-11-18(14-22(21)30-3)24-25(29)26(19-8-5-4-6-9-19)16-23(28)27(24)15-20-10-7-13-32-20/h7,10-14,17,19,24H,4-6,8-9,15-16H2,1-3H3/t24-/m0/s1. The van der Waals surface area contributed by atoms with Crippen LogP contribution in [-0.2, 0) is 16.1 Å². The molecule has 2 aliphatic rings. The first-order chi connectivity index (χ1) is 15.5. The number of piperazine rings is 1. The molecular formula is C25H32N2O4S. The van der Waals surface area contributed by atoms with Gasteiger partial charge in [-0.05, 0) is 55.8 Å². The maximum Gasteiger partial charge on any atom is 0.250 e. The Balaban J connectivity index is 1.70. The first-order valence-electron chi connectivity index (χ1n) is 11.4. The largest absolute Gasteiger partial charge is 0.493 e. The minimum atomic E-state index is -0.665. The molecule has 32 heavy (non-hydrogen) atoms. The Labute approximate surface area is 194 Å². The van der Waals surface area contributed by atoms with Gasteiger partial charge in [0.25, 0.3) is 5.91 Å². The molecule has 1 aliphatic heterocycles. The summed E-state index contributed by atoms with van der Waals surface area (Å²) in [5, 5.41) is 2.00. The number of amides is 2. The summed E-state index contributed by atoms with van der Waals surface area (Å²) in [6.45, 7) is 4.51. The zero-order valence-electron chi connectivity index (χ0n) is 19.1. The number of carbonyl (C=O) groups excluding carboxylic acids is 2. The van der Waals surface area contributed by atoms with Crippen molar-refractivity contribution in [3.63, 3.8) is 0 Å². The molecule has 1 aromatic carbocycles. The molecular weight excluding hydrogens is 424 g/mol. The fourth-order valence-electron chi connectivity index (χ4n) is 4.73. The molecule has 2 amide bonds. The highest BCUT2D eigenvalue weighted by atomic mass is 32.1. The lowest BCUT2D eigenvalue weighted by Crippen LogP contribution is -2.58. The summed E-state index contributed by atoms with van der Waals surface area (Å²) in [6.07, 6.45) is 5.38. The lowest BCUT2D eigenvalue weighted by molar-refractivity contribution is -0.159. The van der Waals surface area contributed by atoms with Crippen molar-refractivity contribution in [1.29, 1.82) is 0 Å². The van der Waals surface area contributed by atoms with E-state index < -0.39 is 6.04 Å². The van der Waals surface area contributed by atoms with Crippen LogP contribution < -0.4 is 9.47 Å². The number of rotatable bonds is 7. The average Bonchev–Trinajstić information content (AvgIpc) is 3.30. The van der Waals surface area contributed by atoms with Gasteiger partial charge in [0.1, 0.15) is 12.6 Å². The van der Waals surface area contributed by atoms with Gasteiger partial charge in [0.05, 0.1) is 19.8 Å². The van der Waals surface area contributed by atoms with Crippen LogP contribution >= 0.6 is 11.3 Å². The number of methoxy groups -OCH3 is 1. The van der Waals surface area contributed by atoms with E-state index in [1.807, 2.05) is 54.5 Å². The smallest absolute Gasteiger partial charge is 0.250 e. The van der Waals surface area contributed by atoms with Crippen molar-refractivity contribution in [2.75, 3.05) is 13.7 Å². The van der Waals surface area contributed by atoms with E-state index in [9.17, 15) is 9.59 Å². The number of thiophene rings is 1. The summed E-state index contributed by atoms with van der Waals surface area (Å²) in [4.78, 5) is 31.8. The number of ether oxygens (including phenoxy) is 2. The maximum atomic E-state index is 13.8. The van der Waals surface area contributed by atoms with E-state index in [4.69, 9.17) is 9.47 Å². The fraction of sp³-hybridized carbons (Fsp3) is 0.520. The van der Waals surface area contributed by atoms with E-state index in [-0.39, 0.29) is 30.5 Å². The molecule has 2 fully saturated rings. The third kappa shape index (κ3) is 4.77. The molecule has 4 rings (SSSR count). The molecule has 0 spiro atoms. The molecule has 1 saturated carbocycles. The second-order valence-electron chi connectivity index (χ2n) is 8.84. The minimum Gasteiger partial charge on any atom is -0.493 e. The summed E-state index contributed by atoms with van der Waals surface area (Å²) < 4.78 is 11.4. The molecule has 6 nitrogen and oxygen atoms in total. The van der Waals surface area contributed by atoms with Crippen molar-refractivity contribution in [3.8, 4) is 11.5 Å². The van der Waals surface area contributed by atoms with E-state index in [2.05, 4.69) is 0 Å². The van der Waals surface area contributed by atoms with Gasteiger partial charge in [0.15, 0.2) is 11.5 Å². The summed E-state index contributed by atoms with van der Waals surface area (Å²) in [5.41, 5.74) is 0.758. The SMILES string of the molecule is COc1cc([C@H]2C(=O)N(C3CCCCC3)CC(=O)N2Cc2cccs2)ccc1OC(C)C. The molecule has 0 unspecified atom stereocenters. The van der Waals surface area contributed by atoms with E-state index in [0.717, 1.165) is 36.1 Å². The molecule has 2 heterocycles. The molecule has 1 atom stereocenters. The summed E-state index contributed by atoms with van der Waals surface area (Å²) in [6, 6.07) is 9.04. The van der Waals surface area contributed by atoms with Gasteiger partial charge in [-0.15, -0.1) is 11.3 Å². The topological polar surface area (TPSA) is 59.1 Å². The number of hydrogen-bond acceptors (Lipinski definition) is 5. The number of nitrogens with zero attached hydrogens (tertiary/aromatic N) is 2. The van der Waals surface area contributed by atoms with Crippen molar-refractivity contribution >= 4 is 23.2 Å². The van der Waals surface area contributed by atoms with Gasteiger partial charge < -0.3 is 19.3 Å². The van der Waals surface area contributed by atoms with Crippen molar-refractivity contribution < 1.29 is 19.1 Å². The van der Waals surface area contributed by atoms with Gasteiger partial charge in [-0.3, -0.25) is 9.59 Å². The van der Waals surface area contributed by atoms with Crippen molar-refractivity contribution in [1.82, 2.24) is 9.80 Å². The van der Waals surface area contributed by atoms with Gasteiger partial charge in [-0.2, -0.15) is 0 Å². The van der Waals surface area contributed by atoms with Crippen LogP contribution in [0.4, 0.5) is 0 Å². The number of hydrogen-bond donors (Lipinski definition) is 0. The Hall–Kier alpha value is -2.54. The van der Waals surface area contributed by atoms with Gasteiger partial charge in [-0.1, -0.05) is 31.4 Å². The molecule has 2 aromatic rings. The Kier molecular flexibility index (Phi) is 7.04. The lowest BCUT2D eigenvalue weighted by atomic mass is 9.91. The van der Waals surface area contributed by atoms with Gasteiger partial charge in [0, 0.05) is 10.9 Å². The van der Waals surface area contributed by atoms with Crippen LogP contribution in [0.25, 0.3) is 0 Å². The Morgan fingerprint density at radius 3 is 2.53 bits per heavy atom. The van der Waals surface area contributed by atoms with E-state index in [1.165, 1.54) is 6.42 Å². The Bertz CT molecular complexity index is 937. The molecule has 0 N–H and O–H groups in total. The van der Waals surface area contributed by atoms with E-state index >= 15 is 0 Å². The third-order valence-electron chi connectivity index (χ3n) is 6.24. The summed E-state index contributed by atoms with van der Waals surface area (Å²) in [5.74, 6) is 1.21. The highest BCUT2D eigenvalue weighted by Gasteiger charge is 2.43. The summed E-state index contributed by atoms with van der Waals surface area (Å²) >= 11 is 1.60. The number of benzene rings is 1. The van der Waals surface area contributed by atoms with Crippen molar-refractivity contribution in [2.45, 2.75) is 70.7 Å². The zero-order valence-corrected chi connectivity index (χ0v) is 19.9. The molecule has 172 valence electrons. The predicted octanol–water partition coefficient (Wildman–Crippen LogP) is 4.79. The van der Waals surface area contributed by atoms with E-state index in [0.29, 0.717) is 18.0 Å². The van der Waals surface area contributed by atoms with Crippen LogP contribution in [0.15, 0.2) is 35.7 Å². The van der Waals surface area contributed by atoms with Crippen LogP contribution in [0, 0.1) is 0 Å². The molecule has 1 aromatic heterocycles. The van der Waals surface area contributed by atoms with Gasteiger partial charge in [0.2, 0.25) is 5.91 Å². The normalized spacial score (nSPS) is 20.2. The summed E-state index contributed by atoms with van der Waals surface area (Å²) in [7, 11) is 1.60. The van der Waals surface area contributed by atoms with E-state index in [1.54, 1.807) is 23.3 Å². The van der Waals surface area contributed by atoms with Crippen molar-refractivity contribution in [2.24, 2.45) is 0 Å². The monoisotopic (exact) mass is 456 g/mol. The molecule has 1 aliphatic carbocycles. The van der Waals surface area contributed by atoms with Crippen LogP contribution in [0.3, 0.4) is 0 Å². The molecule has 1 saturated heterocycles. The van der Waals surface area contributed by atoms with Crippen LogP contribution in [-0.4, -0.2) is 47.4 Å². The van der Waals surface area contributed by atoms with Gasteiger partial charge in [-0.25, -0.2) is 0 Å². The third-order valence-corrected chi connectivity index (χ3v) is 7.10.